The zero-order valence-electron chi connectivity index (χ0n) is 16.0. The van der Waals surface area contributed by atoms with Crippen molar-refractivity contribution in [3.05, 3.63) is 65.7 Å². The molecule has 0 saturated carbocycles. The second-order valence-electron chi connectivity index (χ2n) is 8.36. The van der Waals surface area contributed by atoms with Crippen molar-refractivity contribution in [2.75, 3.05) is 14.1 Å². The van der Waals surface area contributed by atoms with E-state index in [1.807, 2.05) is 36.4 Å². The molecular formula is C23H28BrNO2. The largest absolute Gasteiger partial charge is 1.00 e. The van der Waals surface area contributed by atoms with Crippen molar-refractivity contribution < 1.29 is 31.7 Å². The first-order chi connectivity index (χ1) is 12.5. The Hall–Kier alpha value is -1.78. The van der Waals surface area contributed by atoms with Crippen LogP contribution in [0.3, 0.4) is 0 Å². The highest BCUT2D eigenvalue weighted by Crippen LogP contribution is 2.44. The molecular weight excluding hydrogens is 402 g/mol. The fraction of sp³-hybridized carbons (Fsp3) is 0.391. The number of aromatic hydroxyl groups is 2. The molecule has 4 heteroatoms. The molecule has 2 aromatic carbocycles. The summed E-state index contributed by atoms with van der Waals surface area (Å²) < 4.78 is 1.15. The molecule has 27 heavy (non-hydrogen) atoms. The number of rotatable bonds is 3. The number of para-hydroxylation sites is 2. The lowest BCUT2D eigenvalue weighted by molar-refractivity contribution is -0.931. The van der Waals surface area contributed by atoms with Gasteiger partial charge in [-0.05, 0) is 23.6 Å². The number of allylic oxidation sites excluding steroid dienone is 1. The van der Waals surface area contributed by atoms with Crippen LogP contribution < -0.4 is 17.0 Å². The molecule has 0 spiro atoms. The number of phenols is 2. The summed E-state index contributed by atoms with van der Waals surface area (Å²) in [6.07, 6.45) is 7.27. The molecule has 2 atom stereocenters. The molecule has 2 bridgehead atoms. The van der Waals surface area contributed by atoms with Gasteiger partial charge in [0.15, 0.2) is 0 Å². The van der Waals surface area contributed by atoms with Crippen molar-refractivity contribution in [1.82, 2.24) is 0 Å². The summed E-state index contributed by atoms with van der Waals surface area (Å²) >= 11 is 0. The minimum absolute atomic E-state index is 0. The molecule has 0 radical (unpaired) electrons. The molecule has 2 heterocycles. The standard InChI is InChI=1S/C23H27NO2.BrH/c1-24(2)17-11-12-18(24)14-16(13-17)15-21(19-7-3-5-9-22(19)25)20-8-4-6-10-23(20)26;/h3-10,15-18H,11-14H2,1-2H3,(H-,25,26);1H. The van der Waals surface area contributed by atoms with Gasteiger partial charge in [-0.15, -0.1) is 0 Å². The van der Waals surface area contributed by atoms with Crippen LogP contribution in [-0.2, 0) is 0 Å². The van der Waals surface area contributed by atoms with E-state index < -0.39 is 0 Å². The van der Waals surface area contributed by atoms with Crippen molar-refractivity contribution in [3.63, 3.8) is 0 Å². The number of piperidine rings is 1. The molecule has 0 aliphatic carbocycles. The van der Waals surface area contributed by atoms with Gasteiger partial charge in [-0.3, -0.25) is 0 Å². The Morgan fingerprint density at radius 2 is 1.30 bits per heavy atom. The average molecular weight is 430 g/mol. The molecule has 2 aliphatic rings. The van der Waals surface area contributed by atoms with E-state index in [-0.39, 0.29) is 28.5 Å². The number of fused-ring (bicyclic) bond motifs is 2. The number of hydrogen-bond donors (Lipinski definition) is 2. The summed E-state index contributed by atoms with van der Waals surface area (Å²) in [7, 11) is 4.74. The normalized spacial score (nSPS) is 25.5. The van der Waals surface area contributed by atoms with E-state index in [1.165, 1.54) is 25.7 Å². The Morgan fingerprint density at radius 1 is 0.852 bits per heavy atom. The van der Waals surface area contributed by atoms with Gasteiger partial charge in [-0.1, -0.05) is 42.5 Å². The van der Waals surface area contributed by atoms with Gasteiger partial charge in [-0.2, -0.15) is 0 Å². The SMILES string of the molecule is C[N+]1(C)C2CCC1CC(C=C(c1ccccc1O)c1ccccc1O)C2.[Br-]. The first kappa shape index (κ1) is 20.0. The summed E-state index contributed by atoms with van der Waals surface area (Å²) in [5.74, 6) is 1.00. The zero-order chi connectivity index (χ0) is 18.3. The molecule has 2 unspecified atom stereocenters. The smallest absolute Gasteiger partial charge is 0.123 e. The van der Waals surface area contributed by atoms with Crippen LogP contribution >= 0.6 is 0 Å². The highest BCUT2D eigenvalue weighted by molar-refractivity contribution is 5.85. The lowest BCUT2D eigenvalue weighted by Gasteiger charge is -2.44. The van der Waals surface area contributed by atoms with Gasteiger partial charge in [0.05, 0.1) is 26.2 Å². The molecule has 0 aromatic heterocycles. The van der Waals surface area contributed by atoms with Crippen LogP contribution in [0.25, 0.3) is 5.57 Å². The Bertz CT molecular complexity index is 782. The summed E-state index contributed by atoms with van der Waals surface area (Å²) in [5.41, 5.74) is 2.53. The molecule has 2 aliphatic heterocycles. The maximum Gasteiger partial charge on any atom is 0.123 e. The van der Waals surface area contributed by atoms with Crippen molar-refractivity contribution in [1.29, 1.82) is 0 Å². The van der Waals surface area contributed by atoms with Gasteiger partial charge in [0.1, 0.15) is 11.5 Å². The van der Waals surface area contributed by atoms with Crippen LogP contribution in [0.2, 0.25) is 0 Å². The van der Waals surface area contributed by atoms with E-state index in [9.17, 15) is 10.2 Å². The van der Waals surface area contributed by atoms with E-state index in [1.54, 1.807) is 12.1 Å². The highest BCUT2D eigenvalue weighted by atomic mass is 79.9. The number of hydrogen-bond acceptors (Lipinski definition) is 2. The zero-order valence-corrected chi connectivity index (χ0v) is 17.6. The third-order valence-electron chi connectivity index (χ3n) is 6.66. The number of nitrogens with zero attached hydrogens (tertiary/aromatic N) is 1. The summed E-state index contributed by atoms with van der Waals surface area (Å²) in [5, 5.41) is 20.9. The van der Waals surface area contributed by atoms with E-state index in [0.717, 1.165) is 21.2 Å². The van der Waals surface area contributed by atoms with Crippen molar-refractivity contribution in [2.45, 2.75) is 37.8 Å². The van der Waals surface area contributed by atoms with Crippen molar-refractivity contribution in [3.8, 4) is 11.5 Å². The fourth-order valence-corrected chi connectivity index (χ4v) is 5.02. The fourth-order valence-electron chi connectivity index (χ4n) is 5.02. The number of phenolic OH excluding ortho intramolecular Hbond substituents is 2. The topological polar surface area (TPSA) is 40.5 Å². The molecule has 0 amide bonds. The van der Waals surface area contributed by atoms with E-state index in [2.05, 4.69) is 20.2 Å². The first-order valence-corrected chi connectivity index (χ1v) is 9.58. The quantitative estimate of drug-likeness (QED) is 0.726. The highest BCUT2D eigenvalue weighted by Gasteiger charge is 2.48. The summed E-state index contributed by atoms with van der Waals surface area (Å²) in [6.45, 7) is 0. The Balaban J connectivity index is 0.00000210. The van der Waals surface area contributed by atoms with Gasteiger partial charge < -0.3 is 31.7 Å². The monoisotopic (exact) mass is 429 g/mol. The Morgan fingerprint density at radius 3 is 1.74 bits per heavy atom. The number of benzene rings is 2. The molecule has 2 saturated heterocycles. The molecule has 3 nitrogen and oxygen atoms in total. The maximum atomic E-state index is 10.4. The maximum absolute atomic E-state index is 10.4. The van der Waals surface area contributed by atoms with E-state index in [0.29, 0.717) is 18.0 Å². The van der Waals surface area contributed by atoms with Crippen LogP contribution in [0.5, 0.6) is 11.5 Å². The summed E-state index contributed by atoms with van der Waals surface area (Å²) in [6, 6.07) is 16.3. The van der Waals surface area contributed by atoms with Gasteiger partial charge >= 0.3 is 0 Å². The van der Waals surface area contributed by atoms with Crippen LogP contribution in [0.4, 0.5) is 0 Å². The Kier molecular flexibility index (Phi) is 5.68. The average Bonchev–Trinajstić information content (AvgIpc) is 2.78. The third-order valence-corrected chi connectivity index (χ3v) is 6.66. The minimum Gasteiger partial charge on any atom is -1.00 e. The predicted molar refractivity (Wildman–Crippen MR) is 105 cm³/mol. The second kappa shape index (κ2) is 7.69. The van der Waals surface area contributed by atoms with Crippen LogP contribution in [0.15, 0.2) is 54.6 Å². The van der Waals surface area contributed by atoms with Gasteiger partial charge in [-0.25, -0.2) is 0 Å². The molecule has 2 N–H and O–H groups in total. The van der Waals surface area contributed by atoms with Crippen LogP contribution in [0.1, 0.15) is 36.8 Å². The van der Waals surface area contributed by atoms with Crippen LogP contribution in [-0.4, -0.2) is 40.9 Å². The molecule has 4 rings (SSSR count). The van der Waals surface area contributed by atoms with Crippen molar-refractivity contribution in [2.24, 2.45) is 5.92 Å². The second-order valence-corrected chi connectivity index (χ2v) is 8.36. The van der Waals surface area contributed by atoms with Gasteiger partial charge in [0.25, 0.3) is 0 Å². The third kappa shape index (κ3) is 3.65. The number of halogens is 1. The van der Waals surface area contributed by atoms with E-state index in [4.69, 9.17) is 0 Å². The molecule has 2 fully saturated rings. The van der Waals surface area contributed by atoms with Gasteiger partial charge in [0.2, 0.25) is 0 Å². The molecule has 144 valence electrons. The minimum atomic E-state index is 0. The van der Waals surface area contributed by atoms with E-state index >= 15 is 0 Å². The lowest BCUT2D eigenvalue weighted by atomic mass is 9.85. The molecule has 2 aromatic rings. The van der Waals surface area contributed by atoms with Crippen molar-refractivity contribution >= 4 is 5.57 Å². The van der Waals surface area contributed by atoms with Crippen LogP contribution in [0, 0.1) is 5.92 Å². The first-order valence-electron chi connectivity index (χ1n) is 9.58. The lowest BCUT2D eigenvalue weighted by Crippen LogP contribution is -3.00. The predicted octanol–water partition coefficient (Wildman–Crippen LogP) is 1.55. The Labute approximate surface area is 172 Å². The van der Waals surface area contributed by atoms with Gasteiger partial charge in [0, 0.05) is 36.8 Å². The summed E-state index contributed by atoms with van der Waals surface area (Å²) in [4.78, 5) is 0. The number of quaternary nitrogens is 1.